The van der Waals surface area contributed by atoms with Gasteiger partial charge in [-0.25, -0.2) is 21.1 Å². The molecule has 0 atom stereocenters. The van der Waals surface area contributed by atoms with Gasteiger partial charge in [0.1, 0.15) is 9.84 Å². The van der Waals surface area contributed by atoms with Gasteiger partial charge in [-0.15, -0.1) is 0 Å². The first-order valence-electron chi connectivity index (χ1n) is 4.95. The van der Waals surface area contributed by atoms with E-state index in [4.69, 9.17) is 0 Å². The van der Waals surface area contributed by atoms with Gasteiger partial charge in [0, 0.05) is 19.8 Å². The Kier molecular flexibility index (Phi) is 6.46. The number of hydrogen-bond acceptors (Lipinski definition) is 5. The lowest BCUT2D eigenvalue weighted by Crippen LogP contribution is -2.33. The normalized spacial score (nSPS) is 13.2. The van der Waals surface area contributed by atoms with E-state index >= 15 is 0 Å². The van der Waals surface area contributed by atoms with Crippen molar-refractivity contribution in [3.05, 3.63) is 0 Å². The lowest BCUT2D eigenvalue weighted by atomic mass is 10.4. The highest BCUT2D eigenvalue weighted by molar-refractivity contribution is 7.93. The summed E-state index contributed by atoms with van der Waals surface area (Å²) in [6, 6.07) is 0. The van der Waals surface area contributed by atoms with Gasteiger partial charge in [0.15, 0.2) is 0 Å². The molecule has 0 aromatic heterocycles. The average molecular weight is 272 g/mol. The molecule has 0 aromatic rings. The predicted molar refractivity (Wildman–Crippen MR) is 64.7 cm³/mol. The van der Waals surface area contributed by atoms with E-state index in [2.05, 4.69) is 5.32 Å². The van der Waals surface area contributed by atoms with Crippen molar-refractivity contribution in [2.45, 2.75) is 6.42 Å². The summed E-state index contributed by atoms with van der Waals surface area (Å²) in [4.78, 5) is 0. The molecule has 1 N–H and O–H groups in total. The SMILES string of the molecule is CNCCCN(C)S(=O)(=O)CCS(C)(=O)=O. The molecule has 0 radical (unpaired) electrons. The molecule has 0 spiro atoms. The fourth-order valence-corrected chi connectivity index (χ4v) is 3.80. The molecule has 0 bridgehead atoms. The zero-order valence-corrected chi connectivity index (χ0v) is 11.6. The van der Waals surface area contributed by atoms with Crippen LogP contribution in [0.25, 0.3) is 0 Å². The molecule has 0 fully saturated rings. The first-order chi connectivity index (χ1) is 7.19. The van der Waals surface area contributed by atoms with Crippen LogP contribution in [-0.4, -0.2) is 66.1 Å². The van der Waals surface area contributed by atoms with Gasteiger partial charge >= 0.3 is 0 Å². The topological polar surface area (TPSA) is 83.6 Å². The number of sulfonamides is 1. The fraction of sp³-hybridized carbons (Fsp3) is 1.00. The molecule has 0 unspecified atom stereocenters. The quantitative estimate of drug-likeness (QED) is 0.567. The summed E-state index contributed by atoms with van der Waals surface area (Å²) < 4.78 is 46.2. The third kappa shape index (κ3) is 7.15. The minimum absolute atomic E-state index is 0.328. The third-order valence-electron chi connectivity index (χ3n) is 2.09. The number of nitrogens with zero attached hydrogens (tertiary/aromatic N) is 1. The van der Waals surface area contributed by atoms with Crippen molar-refractivity contribution in [2.24, 2.45) is 0 Å². The number of nitrogens with one attached hydrogen (secondary N) is 1. The van der Waals surface area contributed by atoms with Crippen LogP contribution in [0.4, 0.5) is 0 Å². The van der Waals surface area contributed by atoms with Crippen LogP contribution in [0, 0.1) is 0 Å². The minimum atomic E-state index is -3.45. The smallest absolute Gasteiger partial charge is 0.214 e. The van der Waals surface area contributed by atoms with E-state index in [1.807, 2.05) is 0 Å². The van der Waals surface area contributed by atoms with Gasteiger partial charge in [-0.3, -0.25) is 0 Å². The molecule has 0 amide bonds. The Morgan fingerprint density at radius 1 is 1.12 bits per heavy atom. The summed E-state index contributed by atoms with van der Waals surface area (Å²) in [5, 5.41) is 2.91. The Morgan fingerprint density at radius 2 is 1.69 bits per heavy atom. The van der Waals surface area contributed by atoms with Crippen molar-refractivity contribution >= 4 is 19.9 Å². The van der Waals surface area contributed by atoms with Gasteiger partial charge in [-0.1, -0.05) is 0 Å². The van der Waals surface area contributed by atoms with E-state index in [0.29, 0.717) is 13.0 Å². The predicted octanol–water partition coefficient (Wildman–Crippen LogP) is -1.10. The maximum Gasteiger partial charge on any atom is 0.214 e. The van der Waals surface area contributed by atoms with Gasteiger partial charge in [0.05, 0.1) is 11.5 Å². The molecule has 0 rings (SSSR count). The molecular weight excluding hydrogens is 252 g/mol. The first kappa shape index (κ1) is 15.8. The van der Waals surface area contributed by atoms with Crippen molar-refractivity contribution in [1.29, 1.82) is 0 Å². The van der Waals surface area contributed by atoms with Gasteiger partial charge < -0.3 is 5.32 Å². The zero-order valence-electron chi connectivity index (χ0n) is 9.93. The van der Waals surface area contributed by atoms with E-state index in [1.165, 1.54) is 11.4 Å². The van der Waals surface area contributed by atoms with Crippen LogP contribution in [0.1, 0.15) is 6.42 Å². The lowest BCUT2D eigenvalue weighted by Gasteiger charge is -2.16. The summed E-state index contributed by atoms with van der Waals surface area (Å²) in [6.45, 7) is 1.12. The van der Waals surface area contributed by atoms with Crippen molar-refractivity contribution in [3.63, 3.8) is 0 Å². The Bertz CT molecular complexity index is 388. The van der Waals surface area contributed by atoms with Crippen LogP contribution in [0.15, 0.2) is 0 Å². The van der Waals surface area contributed by atoms with Gasteiger partial charge in [-0.05, 0) is 20.0 Å². The van der Waals surface area contributed by atoms with Gasteiger partial charge in [0.2, 0.25) is 10.0 Å². The molecule has 8 heteroatoms. The molecular formula is C8H20N2O4S2. The third-order valence-corrected chi connectivity index (χ3v) is 5.14. The van der Waals surface area contributed by atoms with Crippen molar-refractivity contribution in [1.82, 2.24) is 9.62 Å². The molecule has 0 aliphatic carbocycles. The molecule has 6 nitrogen and oxygen atoms in total. The van der Waals surface area contributed by atoms with Gasteiger partial charge in [0.25, 0.3) is 0 Å². The Balaban J connectivity index is 4.22. The Morgan fingerprint density at radius 3 is 2.12 bits per heavy atom. The first-order valence-corrected chi connectivity index (χ1v) is 8.62. The summed E-state index contributed by atoms with van der Waals surface area (Å²) in [6.07, 6.45) is 1.73. The molecule has 0 saturated heterocycles. The minimum Gasteiger partial charge on any atom is -0.320 e. The van der Waals surface area contributed by atoms with E-state index in [1.54, 1.807) is 7.05 Å². The molecule has 98 valence electrons. The number of sulfone groups is 1. The molecule has 0 aliphatic rings. The Labute approximate surface area is 98.0 Å². The van der Waals surface area contributed by atoms with Crippen molar-refractivity contribution in [3.8, 4) is 0 Å². The second-order valence-corrected chi connectivity index (χ2v) is 8.18. The van der Waals surface area contributed by atoms with Crippen LogP contribution in [-0.2, 0) is 19.9 Å². The summed E-state index contributed by atoms with van der Waals surface area (Å²) in [5.74, 6) is -0.673. The lowest BCUT2D eigenvalue weighted by molar-refractivity contribution is 0.459. The molecule has 16 heavy (non-hydrogen) atoms. The summed E-state index contributed by atoms with van der Waals surface area (Å²) >= 11 is 0. The average Bonchev–Trinajstić information content (AvgIpc) is 2.14. The van der Waals surface area contributed by atoms with Gasteiger partial charge in [-0.2, -0.15) is 0 Å². The highest BCUT2D eigenvalue weighted by atomic mass is 32.2. The van der Waals surface area contributed by atoms with Crippen LogP contribution >= 0.6 is 0 Å². The van der Waals surface area contributed by atoms with Crippen LogP contribution in [0.2, 0.25) is 0 Å². The number of rotatable bonds is 8. The maximum atomic E-state index is 11.6. The largest absolute Gasteiger partial charge is 0.320 e. The standard InChI is InChI=1S/C8H20N2O4S2/c1-9-5-4-6-10(2)16(13,14)8-7-15(3,11)12/h9H,4-8H2,1-3H3. The summed E-state index contributed by atoms with van der Waals surface area (Å²) in [5.41, 5.74) is 0. The second kappa shape index (κ2) is 6.53. The van der Waals surface area contributed by atoms with E-state index < -0.39 is 19.9 Å². The maximum absolute atomic E-state index is 11.6. The van der Waals surface area contributed by atoms with Crippen molar-refractivity contribution < 1.29 is 16.8 Å². The molecule has 0 heterocycles. The zero-order chi connectivity index (χ0) is 12.8. The van der Waals surface area contributed by atoms with Crippen LogP contribution in [0.5, 0.6) is 0 Å². The van der Waals surface area contributed by atoms with Crippen LogP contribution in [0.3, 0.4) is 0 Å². The van der Waals surface area contributed by atoms with E-state index in [9.17, 15) is 16.8 Å². The Hall–Kier alpha value is -0.180. The molecule has 0 saturated carbocycles. The summed E-state index contributed by atoms with van der Waals surface area (Å²) in [7, 11) is -3.43. The molecule has 0 aromatic carbocycles. The van der Waals surface area contributed by atoms with E-state index in [-0.39, 0.29) is 11.5 Å². The highest BCUT2D eigenvalue weighted by Gasteiger charge is 2.19. The highest BCUT2D eigenvalue weighted by Crippen LogP contribution is 2.00. The van der Waals surface area contributed by atoms with E-state index in [0.717, 1.165) is 12.8 Å². The molecule has 0 aliphatic heterocycles. The fourth-order valence-electron chi connectivity index (χ4n) is 1.03. The monoisotopic (exact) mass is 272 g/mol. The van der Waals surface area contributed by atoms with Crippen molar-refractivity contribution in [2.75, 3.05) is 44.9 Å². The second-order valence-electron chi connectivity index (χ2n) is 3.72. The van der Waals surface area contributed by atoms with Crippen LogP contribution < -0.4 is 5.32 Å². The number of hydrogen-bond donors (Lipinski definition) is 1.